The summed E-state index contributed by atoms with van der Waals surface area (Å²) in [7, 11) is 0. The Bertz CT molecular complexity index is 2500. The molecule has 6 aromatic carbocycles. The summed E-state index contributed by atoms with van der Waals surface area (Å²) in [5.41, 5.74) is 10.7. The van der Waals surface area contributed by atoms with E-state index in [2.05, 4.69) is 128 Å². The van der Waals surface area contributed by atoms with Gasteiger partial charge in [-0.3, -0.25) is 0 Å². The van der Waals surface area contributed by atoms with Crippen molar-refractivity contribution in [1.29, 1.82) is 0 Å². The first kappa shape index (κ1) is 24.1. The number of benzene rings is 6. The van der Waals surface area contributed by atoms with Crippen molar-refractivity contribution in [2.45, 2.75) is 38.8 Å². The summed E-state index contributed by atoms with van der Waals surface area (Å²) >= 11 is 3.84. The van der Waals surface area contributed by atoms with Gasteiger partial charge in [0.1, 0.15) is 5.58 Å². The average molecular weight is 588 g/mol. The molecule has 4 heteroatoms. The van der Waals surface area contributed by atoms with Crippen LogP contribution in [0.5, 0.6) is 0 Å². The van der Waals surface area contributed by atoms with Crippen molar-refractivity contribution in [2.24, 2.45) is 0 Å². The monoisotopic (exact) mass is 587 g/mol. The molecule has 1 aliphatic carbocycles. The van der Waals surface area contributed by atoms with Gasteiger partial charge in [0.25, 0.3) is 0 Å². The van der Waals surface area contributed by atoms with E-state index in [9.17, 15) is 0 Å². The number of nitrogens with zero attached hydrogens (tertiary/aromatic N) is 1. The minimum atomic E-state index is -0.142. The Labute approximate surface area is 257 Å². The molecule has 2 aromatic heterocycles. The zero-order chi connectivity index (χ0) is 28.4. The van der Waals surface area contributed by atoms with E-state index < -0.39 is 0 Å². The summed E-state index contributed by atoms with van der Waals surface area (Å²) < 4.78 is 8.98. The largest absolute Gasteiger partial charge is 0.454 e. The van der Waals surface area contributed by atoms with Crippen LogP contribution in [0.4, 0.5) is 0 Å². The highest BCUT2D eigenvalue weighted by Crippen LogP contribution is 2.59. The zero-order valence-electron chi connectivity index (χ0n) is 23.6. The van der Waals surface area contributed by atoms with E-state index in [0.717, 1.165) is 27.6 Å². The second kappa shape index (κ2) is 8.37. The highest BCUT2D eigenvalue weighted by molar-refractivity contribution is 8.05. The molecule has 0 amide bonds. The van der Waals surface area contributed by atoms with E-state index in [-0.39, 0.29) is 5.41 Å². The number of furan rings is 1. The second-order valence-electron chi connectivity index (χ2n) is 12.1. The van der Waals surface area contributed by atoms with Gasteiger partial charge in [-0.1, -0.05) is 104 Å². The quantitative estimate of drug-likeness (QED) is 0.190. The predicted molar refractivity (Wildman–Crippen MR) is 180 cm³/mol. The summed E-state index contributed by atoms with van der Waals surface area (Å²) in [4.78, 5) is 5.47. The van der Waals surface area contributed by atoms with E-state index in [1.54, 1.807) is 0 Å². The van der Waals surface area contributed by atoms with Crippen LogP contribution in [0.15, 0.2) is 139 Å². The lowest BCUT2D eigenvalue weighted by molar-refractivity contribution is 0.643. The minimum Gasteiger partial charge on any atom is -0.454 e. The topological polar surface area (TPSA) is 18.1 Å². The van der Waals surface area contributed by atoms with Gasteiger partial charge in [0.05, 0.1) is 16.7 Å². The SMILES string of the molecule is CC1(C)c2cc3c(cc2-c2ccc4c(c21)Sc1ccccc1S4)c1ccccc1n3-c1cccc2c1oc1ccccc12. The molecule has 2 aliphatic rings. The summed E-state index contributed by atoms with van der Waals surface area (Å²) in [6, 6.07) is 42.1. The molecule has 0 saturated heterocycles. The van der Waals surface area contributed by atoms with Crippen LogP contribution in [0.25, 0.3) is 60.6 Å². The molecule has 0 bridgehead atoms. The molecule has 204 valence electrons. The molecule has 3 heterocycles. The summed E-state index contributed by atoms with van der Waals surface area (Å²) in [6.07, 6.45) is 0. The average Bonchev–Trinajstić information content (AvgIpc) is 3.65. The molecule has 8 aromatic rings. The number of fused-ring (bicyclic) bond motifs is 12. The number of para-hydroxylation sites is 3. The Hall–Kier alpha value is -4.38. The van der Waals surface area contributed by atoms with Crippen molar-refractivity contribution in [2.75, 3.05) is 0 Å². The maximum absolute atomic E-state index is 6.55. The normalized spacial score (nSPS) is 14.7. The van der Waals surface area contributed by atoms with Crippen molar-refractivity contribution in [1.82, 2.24) is 4.57 Å². The van der Waals surface area contributed by atoms with Crippen molar-refractivity contribution >= 4 is 67.3 Å². The molecule has 0 radical (unpaired) electrons. The van der Waals surface area contributed by atoms with Crippen LogP contribution in [0.2, 0.25) is 0 Å². The van der Waals surface area contributed by atoms with Crippen LogP contribution in [-0.2, 0) is 5.41 Å². The molecule has 0 fully saturated rings. The lowest BCUT2D eigenvalue weighted by Gasteiger charge is -2.28. The molecule has 0 atom stereocenters. The first-order chi connectivity index (χ1) is 21.1. The van der Waals surface area contributed by atoms with Gasteiger partial charge in [-0.15, -0.1) is 0 Å². The molecule has 0 saturated carbocycles. The van der Waals surface area contributed by atoms with Crippen LogP contribution in [0.3, 0.4) is 0 Å². The van der Waals surface area contributed by atoms with Crippen LogP contribution in [0.1, 0.15) is 25.0 Å². The highest BCUT2D eigenvalue weighted by Gasteiger charge is 2.40. The van der Waals surface area contributed by atoms with Crippen LogP contribution < -0.4 is 0 Å². The maximum atomic E-state index is 6.55. The lowest BCUT2D eigenvalue weighted by Crippen LogP contribution is -2.17. The molecule has 0 spiro atoms. The number of rotatable bonds is 1. The van der Waals surface area contributed by atoms with Gasteiger partial charge in [-0.05, 0) is 70.8 Å². The molecule has 10 rings (SSSR count). The van der Waals surface area contributed by atoms with Gasteiger partial charge in [0.2, 0.25) is 0 Å². The molecule has 43 heavy (non-hydrogen) atoms. The van der Waals surface area contributed by atoms with Gasteiger partial charge in [-0.2, -0.15) is 0 Å². The first-order valence-corrected chi connectivity index (χ1v) is 16.3. The lowest BCUT2D eigenvalue weighted by atomic mass is 9.82. The van der Waals surface area contributed by atoms with Crippen molar-refractivity contribution in [3.63, 3.8) is 0 Å². The second-order valence-corrected chi connectivity index (χ2v) is 14.2. The molecule has 1 aliphatic heterocycles. The van der Waals surface area contributed by atoms with Gasteiger partial charge < -0.3 is 8.98 Å². The molecular weight excluding hydrogens is 563 g/mol. The third-order valence-electron chi connectivity index (χ3n) is 9.43. The van der Waals surface area contributed by atoms with E-state index in [4.69, 9.17) is 4.42 Å². The van der Waals surface area contributed by atoms with Crippen LogP contribution >= 0.6 is 23.5 Å². The maximum Gasteiger partial charge on any atom is 0.159 e. The van der Waals surface area contributed by atoms with E-state index in [1.807, 2.05) is 29.6 Å². The first-order valence-electron chi connectivity index (χ1n) is 14.7. The minimum absolute atomic E-state index is 0.142. The van der Waals surface area contributed by atoms with Crippen LogP contribution in [-0.4, -0.2) is 4.57 Å². The number of hydrogen-bond donors (Lipinski definition) is 0. The standard InChI is InChI=1S/C39H25NOS2/c1-39(2)28-21-31-27(20-26(28)24-18-19-35-38(36(24)39)43-34-17-8-7-16-33(34)42-35)22-10-3-5-13-29(22)40(31)30-14-9-12-25-23-11-4-6-15-32(23)41-37(25)30/h3-21H,1-2H3. The summed E-state index contributed by atoms with van der Waals surface area (Å²) in [6.45, 7) is 4.81. The zero-order valence-corrected chi connectivity index (χ0v) is 25.3. The fraction of sp³-hybridized carbons (Fsp3) is 0.0769. The Morgan fingerprint density at radius 3 is 2.21 bits per heavy atom. The third kappa shape index (κ3) is 3.12. The van der Waals surface area contributed by atoms with E-state index in [1.165, 1.54) is 63.6 Å². The molecule has 0 unspecified atom stereocenters. The summed E-state index contributed by atoms with van der Waals surface area (Å²) in [5, 5.41) is 4.83. The smallest absolute Gasteiger partial charge is 0.159 e. The Morgan fingerprint density at radius 1 is 0.581 bits per heavy atom. The fourth-order valence-corrected chi connectivity index (χ4v) is 10.0. The Morgan fingerprint density at radius 2 is 1.33 bits per heavy atom. The number of hydrogen-bond acceptors (Lipinski definition) is 3. The van der Waals surface area contributed by atoms with Gasteiger partial charge in [0.15, 0.2) is 5.58 Å². The van der Waals surface area contributed by atoms with Crippen molar-refractivity contribution < 1.29 is 4.42 Å². The van der Waals surface area contributed by atoms with E-state index >= 15 is 0 Å². The molecule has 0 N–H and O–H groups in total. The van der Waals surface area contributed by atoms with Gasteiger partial charge in [0, 0.05) is 46.5 Å². The Balaban J connectivity index is 1.26. The Kier molecular flexibility index (Phi) is 4.69. The molecular formula is C39H25NOS2. The van der Waals surface area contributed by atoms with Gasteiger partial charge >= 0.3 is 0 Å². The summed E-state index contributed by atoms with van der Waals surface area (Å²) in [5.74, 6) is 0. The van der Waals surface area contributed by atoms with E-state index in [0.29, 0.717) is 0 Å². The van der Waals surface area contributed by atoms with Crippen LogP contribution in [0, 0.1) is 0 Å². The predicted octanol–water partition coefficient (Wildman–Crippen LogP) is 11.6. The van der Waals surface area contributed by atoms with Crippen molar-refractivity contribution in [3.8, 4) is 16.8 Å². The van der Waals surface area contributed by atoms with Crippen molar-refractivity contribution in [3.05, 3.63) is 126 Å². The fourth-order valence-electron chi connectivity index (χ4n) is 7.50. The third-order valence-corrected chi connectivity index (χ3v) is 12.0. The highest BCUT2D eigenvalue weighted by atomic mass is 32.2. The van der Waals surface area contributed by atoms with Gasteiger partial charge in [-0.25, -0.2) is 0 Å². The molecule has 2 nitrogen and oxygen atoms in total. The number of aromatic nitrogens is 1.